The van der Waals surface area contributed by atoms with Crippen molar-refractivity contribution in [3.8, 4) is 34.4 Å². The van der Waals surface area contributed by atoms with Crippen molar-refractivity contribution in [3.05, 3.63) is 139 Å². The molecule has 0 unspecified atom stereocenters. The van der Waals surface area contributed by atoms with E-state index in [1.54, 1.807) is 12.1 Å². The summed E-state index contributed by atoms with van der Waals surface area (Å²) in [5, 5.41) is 52.3. The van der Waals surface area contributed by atoms with Crippen molar-refractivity contribution in [2.75, 3.05) is 66.1 Å². The SMILES string of the molecule is CN(C)S(=O)(=O)CCCCc1nonc1-c1noc(=O)n1-c1ccc(F)c(Br)c1.CN(C)S(=O)(=O)CCCCc1nonc1/C(Cc1ccc(F)c(Br)c1)=N/O.CN(C)S(=O)(=O)CCCN.O=c1onc(-c2nonc2[N+](=O)[O-])n1-c1ccc(F)c(Br)c1.[Na+].[OH-]. The van der Waals surface area contributed by atoms with Gasteiger partial charge < -0.3 is 26.5 Å². The summed E-state index contributed by atoms with van der Waals surface area (Å²) in [5.41, 5.74) is 7.53. The van der Waals surface area contributed by atoms with Gasteiger partial charge in [0, 0.05) is 48.7 Å². The van der Waals surface area contributed by atoms with E-state index in [0.29, 0.717) is 84.3 Å². The number of hydrogen-bond donors (Lipinski definition) is 2. The van der Waals surface area contributed by atoms with Gasteiger partial charge in [0.1, 0.15) is 34.6 Å². The Morgan fingerprint density at radius 1 is 0.611 bits per heavy atom. The van der Waals surface area contributed by atoms with Gasteiger partial charge in [-0.25, -0.2) is 79.3 Å². The van der Waals surface area contributed by atoms with Gasteiger partial charge >= 0.3 is 46.9 Å². The van der Waals surface area contributed by atoms with Crippen LogP contribution in [0.5, 0.6) is 0 Å². The molecule has 486 valence electrons. The topological polar surface area (TPSA) is 457 Å². The van der Waals surface area contributed by atoms with Crippen molar-refractivity contribution in [3.63, 3.8) is 0 Å². The molecule has 4 N–H and O–H groups in total. The Bertz CT molecular complexity index is 4180. The first-order chi connectivity index (χ1) is 41.4. The van der Waals surface area contributed by atoms with E-state index in [9.17, 15) is 63.3 Å². The minimum absolute atomic E-state index is 0. The van der Waals surface area contributed by atoms with Crippen LogP contribution in [0, 0.1) is 27.6 Å². The number of unbranched alkanes of at least 4 members (excludes halogenated alkanes) is 2. The van der Waals surface area contributed by atoms with E-state index in [1.807, 2.05) is 0 Å². The smallest absolute Gasteiger partial charge is 0.870 e. The molecular weight excluding hydrogens is 1480 g/mol. The maximum atomic E-state index is 13.5. The van der Waals surface area contributed by atoms with E-state index in [2.05, 4.69) is 103 Å². The van der Waals surface area contributed by atoms with Gasteiger partial charge in [0.25, 0.3) is 5.69 Å². The average Bonchev–Trinajstić information content (AvgIpc) is 2.50. The van der Waals surface area contributed by atoms with Gasteiger partial charge in [0.2, 0.25) is 41.7 Å². The predicted octanol–water partition coefficient (Wildman–Crippen LogP) is 2.34. The van der Waals surface area contributed by atoms with Crippen LogP contribution in [0.15, 0.2) is 106 Å². The van der Waals surface area contributed by atoms with Crippen LogP contribution in [0.1, 0.15) is 54.7 Å². The molecule has 0 atom stereocenters. The molecule has 3 aromatic carbocycles. The zero-order chi connectivity index (χ0) is 65.3. The summed E-state index contributed by atoms with van der Waals surface area (Å²) in [6.45, 7) is 0.424. The molecule has 0 saturated heterocycles. The van der Waals surface area contributed by atoms with Gasteiger partial charge in [-0.1, -0.05) is 31.8 Å². The van der Waals surface area contributed by atoms with Gasteiger partial charge in [0.15, 0.2) is 16.5 Å². The second-order valence-electron chi connectivity index (χ2n) is 18.5. The third kappa shape index (κ3) is 21.4. The first-order valence-electron chi connectivity index (χ1n) is 25.2. The van der Waals surface area contributed by atoms with E-state index in [-0.39, 0.29) is 96.4 Å². The minimum Gasteiger partial charge on any atom is -0.870 e. The number of nitrogens with two attached hydrogens (primary N) is 1. The van der Waals surface area contributed by atoms with Crippen LogP contribution < -0.4 is 46.8 Å². The number of nitro groups is 1. The molecule has 0 aliphatic rings. The molecule has 8 rings (SSSR count). The number of oxime groups is 1. The summed E-state index contributed by atoms with van der Waals surface area (Å²) in [6, 6.07) is 12.1. The van der Waals surface area contributed by atoms with Gasteiger partial charge in [-0.15, -0.1) is 4.63 Å². The fraction of sp³-hybridized carbons (Fsp3) is 0.383. The summed E-state index contributed by atoms with van der Waals surface area (Å²) in [5.74, 6) is -3.96. The number of aromatic nitrogens is 10. The third-order valence-corrected chi connectivity index (χ3v) is 19.4. The Morgan fingerprint density at radius 3 is 1.47 bits per heavy atom. The summed E-state index contributed by atoms with van der Waals surface area (Å²) >= 11 is 9.16. The number of nitrogens with zero attached hydrogens (tertiary/aromatic N) is 15. The Hall–Kier alpha value is -6.29. The molecule has 5 heterocycles. The summed E-state index contributed by atoms with van der Waals surface area (Å²) in [6.07, 6.45) is 3.41. The quantitative estimate of drug-likeness (QED) is 0.0219. The largest absolute Gasteiger partial charge is 1.00 e. The summed E-state index contributed by atoms with van der Waals surface area (Å²) in [4.78, 5) is 33.9. The number of aryl methyl sites for hydroxylation is 2. The molecule has 0 radical (unpaired) electrons. The predicted molar refractivity (Wildman–Crippen MR) is 317 cm³/mol. The number of hydrogen-bond acceptors (Lipinski definition) is 27. The van der Waals surface area contributed by atoms with E-state index in [4.69, 9.17) is 19.5 Å². The normalized spacial score (nSPS) is 11.7. The standard InChI is InChI=1S/C16H17BrFN5O5S.C16H20BrFN4O4S.C10H3BrFN5O5.C5H14N2O2S.Na.H2O/c1-22(2)29(25,26)8-4-3-5-13-14(20-28-19-13)15-21-27-16(24)23(15)10-6-7-12(18)11(17)9-10;1-22(2)27(24,25)8-4-3-5-14-16(21-26-20-14)15(19-23)10-11-6-7-13(18)12(17)9-11;11-5-3-4(1-2-6(5)12)16-8(14-21-10(16)18)7-9(17(19)20)15-22-13-7;1-7(2)10(8,9)5-3-4-6;;/h6-7,9H,3-5,8H2,1-2H3;6-7,9,23H,3-5,8,10H2,1-2H3;1-3H;3-6H2,1-2H3;;1H2/q;;;;+1;/p-1/b;19-15+;;;;. The molecule has 0 amide bonds. The number of halogens is 6. The molecule has 8 aromatic rings. The first kappa shape index (κ1) is 78.0. The fourth-order valence-corrected chi connectivity index (χ4v) is 11.0. The second-order valence-corrected chi connectivity index (χ2v) is 28.0. The number of sulfonamides is 3. The zero-order valence-corrected chi connectivity index (χ0v) is 57.7. The molecule has 0 aliphatic heterocycles. The molecule has 0 saturated carbocycles. The van der Waals surface area contributed by atoms with Crippen molar-refractivity contribution in [2.24, 2.45) is 10.9 Å². The molecule has 33 nitrogen and oxygen atoms in total. The Kier molecular flexibility index (Phi) is 30.8. The molecule has 0 spiro atoms. The van der Waals surface area contributed by atoms with Crippen molar-refractivity contribution < 1.29 is 107 Å². The number of rotatable bonds is 24. The molecule has 43 heteroatoms. The maximum Gasteiger partial charge on any atom is 1.00 e. The van der Waals surface area contributed by atoms with Crippen molar-refractivity contribution >= 4 is 89.4 Å². The maximum absolute atomic E-state index is 13.5. The molecule has 5 aromatic heterocycles. The van der Waals surface area contributed by atoms with E-state index < -0.39 is 75.5 Å². The van der Waals surface area contributed by atoms with Crippen molar-refractivity contribution in [1.29, 1.82) is 0 Å². The van der Waals surface area contributed by atoms with Crippen LogP contribution in [-0.2, 0) is 49.3 Å². The monoisotopic (exact) mass is 1530 g/mol. The molecular formula is C47H55Br3F3N16NaO17S3. The van der Waals surface area contributed by atoms with Gasteiger partial charge in [-0.3, -0.25) is 9.05 Å². The number of benzene rings is 3. The minimum atomic E-state index is -3.28. The van der Waals surface area contributed by atoms with Gasteiger partial charge in [0.05, 0.1) is 42.1 Å². The van der Waals surface area contributed by atoms with Crippen molar-refractivity contribution in [1.82, 2.24) is 63.3 Å². The van der Waals surface area contributed by atoms with E-state index in [0.717, 1.165) is 15.2 Å². The molecule has 0 fully saturated rings. The van der Waals surface area contributed by atoms with Crippen LogP contribution in [0.4, 0.5) is 19.0 Å². The Morgan fingerprint density at radius 2 is 1.02 bits per heavy atom. The Balaban J connectivity index is 0.000000326. The second kappa shape index (κ2) is 35.5. The molecule has 90 heavy (non-hydrogen) atoms. The summed E-state index contributed by atoms with van der Waals surface area (Å²) in [7, 11) is -0.551. The summed E-state index contributed by atoms with van der Waals surface area (Å²) < 4.78 is 138. The first-order valence-corrected chi connectivity index (χ1v) is 32.4. The van der Waals surface area contributed by atoms with E-state index >= 15 is 0 Å². The van der Waals surface area contributed by atoms with Crippen LogP contribution in [0.2, 0.25) is 0 Å². The fourth-order valence-electron chi connectivity index (χ4n) is 7.05. The zero-order valence-electron chi connectivity index (χ0n) is 48.5. The Labute approximate surface area is 556 Å². The van der Waals surface area contributed by atoms with Crippen LogP contribution in [0.3, 0.4) is 0 Å². The van der Waals surface area contributed by atoms with Crippen LogP contribution in [-0.4, -0.2) is 176 Å². The van der Waals surface area contributed by atoms with Crippen LogP contribution in [0.25, 0.3) is 34.4 Å². The third-order valence-electron chi connectivity index (χ3n) is 11.9. The van der Waals surface area contributed by atoms with E-state index in [1.165, 1.54) is 91.6 Å². The average molecular weight is 1530 g/mol. The van der Waals surface area contributed by atoms with Crippen molar-refractivity contribution in [2.45, 2.75) is 51.4 Å². The van der Waals surface area contributed by atoms with Crippen LogP contribution >= 0.6 is 47.8 Å². The molecule has 0 bridgehead atoms. The van der Waals surface area contributed by atoms with Gasteiger partial charge in [-0.2, -0.15) is 0 Å². The van der Waals surface area contributed by atoms with Gasteiger partial charge in [-0.05, 0) is 174 Å². The molecule has 0 aliphatic carbocycles.